The van der Waals surface area contributed by atoms with Crippen LogP contribution in [0.25, 0.3) is 0 Å². The lowest BCUT2D eigenvalue weighted by molar-refractivity contribution is 0.584. The zero-order valence-corrected chi connectivity index (χ0v) is 16.3. The second-order valence-corrected chi connectivity index (χ2v) is 7.92. The molecule has 2 heterocycles. The van der Waals surface area contributed by atoms with E-state index in [0.717, 1.165) is 36.0 Å². The van der Waals surface area contributed by atoms with E-state index in [1.54, 1.807) is 0 Å². The van der Waals surface area contributed by atoms with Gasteiger partial charge in [-0.25, -0.2) is 9.97 Å². The van der Waals surface area contributed by atoms with Gasteiger partial charge in [-0.2, -0.15) is 5.10 Å². The van der Waals surface area contributed by atoms with Gasteiger partial charge in [-0.05, 0) is 52.0 Å². The van der Waals surface area contributed by atoms with E-state index in [-0.39, 0.29) is 5.41 Å². The van der Waals surface area contributed by atoms with Gasteiger partial charge in [0, 0.05) is 22.7 Å². The molecule has 0 radical (unpaired) electrons. The van der Waals surface area contributed by atoms with Gasteiger partial charge in [0.2, 0.25) is 0 Å². The average molecular weight is 361 g/mol. The van der Waals surface area contributed by atoms with Gasteiger partial charge < -0.3 is 5.32 Å². The van der Waals surface area contributed by atoms with Crippen LogP contribution in [0.5, 0.6) is 0 Å². The minimum atomic E-state index is -0.261. The molecule has 1 aliphatic rings. The summed E-state index contributed by atoms with van der Waals surface area (Å²) >= 11 is 0. The second kappa shape index (κ2) is 7.14. The van der Waals surface area contributed by atoms with Gasteiger partial charge in [0.1, 0.15) is 17.5 Å². The number of nitrogens with one attached hydrogen (secondary N) is 2. The summed E-state index contributed by atoms with van der Waals surface area (Å²) in [5, 5.41) is 10.8. The Kier molecular flexibility index (Phi) is 4.68. The minimum Gasteiger partial charge on any atom is -0.325 e. The van der Waals surface area contributed by atoms with Crippen LogP contribution >= 0.6 is 0 Å². The normalized spacial score (nSPS) is 14.5. The SMILES string of the molecule is Cc1cc(Nc2nc(C(C)(C)c3ccccc3)nc3c2CCCCC3)[nH]n1. The van der Waals surface area contributed by atoms with Crippen molar-refractivity contribution in [1.29, 1.82) is 0 Å². The lowest BCUT2D eigenvalue weighted by atomic mass is 9.83. The summed E-state index contributed by atoms with van der Waals surface area (Å²) in [7, 11) is 0. The Labute approximate surface area is 160 Å². The standard InChI is InChI=1S/C22H27N5/c1-15-14-19(27-26-15)24-20-17-12-8-5-9-13-18(17)23-21(25-20)22(2,3)16-10-6-4-7-11-16/h4,6-7,10-11,14H,5,8-9,12-13H2,1-3H3,(H2,23,24,25,26,27). The molecule has 0 atom stereocenters. The molecule has 0 amide bonds. The first kappa shape index (κ1) is 17.7. The second-order valence-electron chi connectivity index (χ2n) is 7.92. The molecule has 0 unspecified atom stereocenters. The third kappa shape index (κ3) is 3.59. The maximum Gasteiger partial charge on any atom is 0.140 e. The highest BCUT2D eigenvalue weighted by Crippen LogP contribution is 2.33. The molecular formula is C22H27N5. The summed E-state index contributed by atoms with van der Waals surface area (Å²) < 4.78 is 0. The molecule has 0 spiro atoms. The van der Waals surface area contributed by atoms with Crippen LogP contribution in [0.2, 0.25) is 0 Å². The molecular weight excluding hydrogens is 334 g/mol. The fourth-order valence-electron chi connectivity index (χ4n) is 3.75. The van der Waals surface area contributed by atoms with Crippen LogP contribution < -0.4 is 5.32 Å². The first-order chi connectivity index (χ1) is 13.0. The van der Waals surface area contributed by atoms with Crippen molar-refractivity contribution in [2.24, 2.45) is 0 Å². The minimum absolute atomic E-state index is 0.261. The predicted molar refractivity (Wildman–Crippen MR) is 108 cm³/mol. The maximum atomic E-state index is 5.05. The fraction of sp³-hybridized carbons (Fsp3) is 0.409. The first-order valence-corrected chi connectivity index (χ1v) is 9.79. The number of aryl methyl sites for hydroxylation is 2. The van der Waals surface area contributed by atoms with E-state index in [4.69, 9.17) is 9.97 Å². The first-order valence-electron chi connectivity index (χ1n) is 9.79. The number of rotatable bonds is 4. The Bertz CT molecular complexity index is 927. The van der Waals surface area contributed by atoms with Crippen LogP contribution in [-0.2, 0) is 18.3 Å². The van der Waals surface area contributed by atoms with E-state index in [2.05, 4.69) is 53.6 Å². The van der Waals surface area contributed by atoms with Gasteiger partial charge in [-0.15, -0.1) is 0 Å². The molecule has 3 aromatic rings. The Balaban J connectivity index is 1.81. The van der Waals surface area contributed by atoms with Gasteiger partial charge in [-0.1, -0.05) is 36.8 Å². The van der Waals surface area contributed by atoms with Crippen LogP contribution in [0.15, 0.2) is 36.4 Å². The Morgan fingerprint density at radius 1 is 1.00 bits per heavy atom. The molecule has 0 fully saturated rings. The molecule has 2 aromatic heterocycles. The molecule has 140 valence electrons. The van der Waals surface area contributed by atoms with Crippen molar-refractivity contribution >= 4 is 11.6 Å². The number of hydrogen-bond donors (Lipinski definition) is 2. The number of H-pyrrole nitrogens is 1. The Morgan fingerprint density at radius 2 is 1.78 bits per heavy atom. The number of aromatic amines is 1. The van der Waals surface area contributed by atoms with Crippen LogP contribution in [0, 0.1) is 6.92 Å². The smallest absolute Gasteiger partial charge is 0.140 e. The number of nitrogens with zero attached hydrogens (tertiary/aromatic N) is 3. The Morgan fingerprint density at radius 3 is 2.52 bits per heavy atom. The van der Waals surface area contributed by atoms with Crippen LogP contribution in [0.4, 0.5) is 11.6 Å². The summed E-state index contributed by atoms with van der Waals surface area (Å²) in [6.07, 6.45) is 5.67. The van der Waals surface area contributed by atoms with Crippen molar-refractivity contribution in [3.05, 3.63) is 64.7 Å². The van der Waals surface area contributed by atoms with E-state index in [9.17, 15) is 0 Å². The van der Waals surface area contributed by atoms with Crippen molar-refractivity contribution < 1.29 is 0 Å². The molecule has 0 bridgehead atoms. The molecule has 0 saturated carbocycles. The van der Waals surface area contributed by atoms with Crippen LogP contribution in [0.3, 0.4) is 0 Å². The number of hydrogen-bond acceptors (Lipinski definition) is 4. The summed E-state index contributed by atoms with van der Waals surface area (Å²) in [5.41, 5.74) is 4.38. The molecule has 5 heteroatoms. The topological polar surface area (TPSA) is 66.5 Å². The third-order valence-electron chi connectivity index (χ3n) is 5.45. The lowest BCUT2D eigenvalue weighted by Gasteiger charge is -2.26. The number of fused-ring (bicyclic) bond motifs is 1. The summed E-state index contributed by atoms with van der Waals surface area (Å²) in [5.74, 6) is 2.67. The third-order valence-corrected chi connectivity index (χ3v) is 5.45. The number of anilines is 2. The van der Waals surface area contributed by atoms with E-state index < -0.39 is 0 Å². The molecule has 27 heavy (non-hydrogen) atoms. The predicted octanol–water partition coefficient (Wildman–Crippen LogP) is 4.85. The van der Waals surface area contributed by atoms with Gasteiger partial charge in [0.05, 0.1) is 5.69 Å². The van der Waals surface area contributed by atoms with Gasteiger partial charge in [-0.3, -0.25) is 5.10 Å². The van der Waals surface area contributed by atoms with Crippen molar-refractivity contribution in [3.8, 4) is 0 Å². The number of aromatic nitrogens is 4. The monoisotopic (exact) mass is 361 g/mol. The van der Waals surface area contributed by atoms with Gasteiger partial charge in [0.25, 0.3) is 0 Å². The largest absolute Gasteiger partial charge is 0.325 e. The van der Waals surface area contributed by atoms with E-state index in [1.807, 2.05) is 19.1 Å². The van der Waals surface area contributed by atoms with Crippen molar-refractivity contribution in [3.63, 3.8) is 0 Å². The van der Waals surface area contributed by atoms with Gasteiger partial charge >= 0.3 is 0 Å². The molecule has 0 saturated heterocycles. The van der Waals surface area contributed by atoms with Crippen molar-refractivity contribution in [2.45, 2.75) is 58.3 Å². The highest BCUT2D eigenvalue weighted by Gasteiger charge is 2.29. The zero-order valence-electron chi connectivity index (χ0n) is 16.3. The van der Waals surface area contributed by atoms with Crippen LogP contribution in [-0.4, -0.2) is 20.2 Å². The molecule has 5 nitrogen and oxygen atoms in total. The molecule has 1 aromatic carbocycles. The fourth-order valence-corrected chi connectivity index (χ4v) is 3.75. The zero-order chi connectivity index (χ0) is 18.9. The molecule has 4 rings (SSSR count). The molecule has 0 aliphatic heterocycles. The maximum absolute atomic E-state index is 5.05. The van der Waals surface area contributed by atoms with Crippen molar-refractivity contribution in [1.82, 2.24) is 20.2 Å². The highest BCUT2D eigenvalue weighted by molar-refractivity contribution is 5.58. The Hall–Kier alpha value is -2.69. The average Bonchev–Trinajstić information content (AvgIpc) is 2.93. The van der Waals surface area contributed by atoms with E-state index in [0.29, 0.717) is 0 Å². The molecule has 1 aliphatic carbocycles. The van der Waals surface area contributed by atoms with Gasteiger partial charge in [0.15, 0.2) is 0 Å². The van der Waals surface area contributed by atoms with E-state index >= 15 is 0 Å². The highest BCUT2D eigenvalue weighted by atomic mass is 15.2. The molecule has 2 N–H and O–H groups in total. The number of benzene rings is 1. The van der Waals surface area contributed by atoms with Crippen molar-refractivity contribution in [2.75, 3.05) is 5.32 Å². The van der Waals surface area contributed by atoms with E-state index in [1.165, 1.54) is 36.1 Å². The quantitative estimate of drug-likeness (QED) is 0.652. The summed E-state index contributed by atoms with van der Waals surface area (Å²) in [6.45, 7) is 6.38. The van der Waals surface area contributed by atoms with Crippen LogP contribution in [0.1, 0.15) is 61.4 Å². The summed E-state index contributed by atoms with van der Waals surface area (Å²) in [4.78, 5) is 10.1. The lowest BCUT2D eigenvalue weighted by Crippen LogP contribution is -2.24. The summed E-state index contributed by atoms with van der Waals surface area (Å²) in [6, 6.07) is 12.5.